The molecule has 0 saturated carbocycles. The van der Waals surface area contributed by atoms with Crippen molar-refractivity contribution >= 4 is 23.9 Å². The number of aliphatic carboxylic acids is 4. The van der Waals surface area contributed by atoms with E-state index in [0.29, 0.717) is 0 Å². The minimum absolute atomic E-state index is 0. The second-order valence-electron chi connectivity index (χ2n) is 5.36. The van der Waals surface area contributed by atoms with Gasteiger partial charge in [0, 0.05) is 11.1 Å². The predicted molar refractivity (Wildman–Crippen MR) is 77.6 cm³/mol. The van der Waals surface area contributed by atoms with Crippen molar-refractivity contribution in [3.05, 3.63) is 35.4 Å². The van der Waals surface area contributed by atoms with Crippen molar-refractivity contribution in [3.63, 3.8) is 0 Å². The normalized spacial score (nSPS) is 14.0. The molecule has 1 aromatic carbocycles. The fourth-order valence-corrected chi connectivity index (χ4v) is 3.28. The molecule has 130 valence electrons. The van der Waals surface area contributed by atoms with Crippen molar-refractivity contribution in [1.82, 2.24) is 6.15 Å². The number of nitrogens with zero attached hydrogens (tertiary/aromatic N) is 1. The van der Waals surface area contributed by atoms with Crippen LogP contribution in [0.2, 0.25) is 0 Å². The number of fused-ring (bicyclic) bond motifs is 1. The van der Waals surface area contributed by atoms with Crippen LogP contribution < -0.4 is 6.15 Å². The Kier molecular flexibility index (Phi) is 4.97. The molecule has 0 aromatic heterocycles. The van der Waals surface area contributed by atoms with Gasteiger partial charge in [0.2, 0.25) is 0 Å². The molecular weight excluding hydrogens is 324 g/mol. The van der Waals surface area contributed by atoms with E-state index in [1.54, 1.807) is 0 Å². The van der Waals surface area contributed by atoms with E-state index in [2.05, 4.69) is 0 Å². The Morgan fingerprint density at radius 3 is 1.38 bits per heavy atom. The SMILES string of the molecule is N.O=C(O)C[N+](CC(=O)O)(CC(=O)O)C1(C(=O)O)c2ccccc21. The fourth-order valence-electron chi connectivity index (χ4n) is 3.28. The number of quaternary nitrogens is 1. The van der Waals surface area contributed by atoms with Crippen LogP contribution >= 0.6 is 0 Å². The smallest absolute Gasteiger partial charge is 0.375 e. The molecule has 7 N–H and O–H groups in total. The lowest BCUT2D eigenvalue weighted by Crippen LogP contribution is -2.65. The van der Waals surface area contributed by atoms with Gasteiger partial charge in [0.1, 0.15) is 0 Å². The van der Waals surface area contributed by atoms with Crippen molar-refractivity contribution in [2.45, 2.75) is 5.54 Å². The minimum Gasteiger partial charge on any atom is -0.477 e. The average Bonchev–Trinajstić information content (AvgIpc) is 3.06. The highest BCUT2D eigenvalue weighted by molar-refractivity contribution is 5.94. The van der Waals surface area contributed by atoms with Gasteiger partial charge in [-0.05, 0) is 0 Å². The standard InChI is InChI=1S/C14H13NO8.H3N/c16-10(17)5-15(6-11(18)19,7-12(20)21)14(13(22)23)8-3-1-2-4-9(8)14;/h1-4H,5-7H2,(H3-,16,17,18,19,20,21,22,23);1H3/p+1. The second-order valence-corrected chi connectivity index (χ2v) is 5.36. The molecule has 0 saturated heterocycles. The van der Waals surface area contributed by atoms with Gasteiger partial charge < -0.3 is 26.6 Å². The van der Waals surface area contributed by atoms with Crippen LogP contribution in [0.4, 0.5) is 0 Å². The zero-order valence-corrected chi connectivity index (χ0v) is 12.5. The number of hydrogen-bond donors (Lipinski definition) is 5. The quantitative estimate of drug-likeness (QED) is 0.391. The van der Waals surface area contributed by atoms with Crippen molar-refractivity contribution in [3.8, 4) is 0 Å². The summed E-state index contributed by atoms with van der Waals surface area (Å²) in [7, 11) is 0. The molecule has 0 spiro atoms. The summed E-state index contributed by atoms with van der Waals surface area (Å²) in [5, 5.41) is 37.1. The summed E-state index contributed by atoms with van der Waals surface area (Å²) in [5.41, 5.74) is -1.51. The number of carboxylic acid groups (broad SMARTS) is 4. The molecule has 1 aliphatic rings. The predicted octanol–water partition coefficient (Wildman–Crippen LogP) is -0.439. The lowest BCUT2D eigenvalue weighted by molar-refractivity contribution is -0.941. The number of carbonyl (C=O) groups is 4. The van der Waals surface area contributed by atoms with Gasteiger partial charge in [0.05, 0.1) is 0 Å². The molecule has 0 bridgehead atoms. The van der Waals surface area contributed by atoms with E-state index in [9.17, 15) is 24.3 Å². The maximum atomic E-state index is 11.9. The van der Waals surface area contributed by atoms with E-state index in [0.717, 1.165) is 0 Å². The Balaban J connectivity index is 0.00000288. The number of rotatable bonds is 8. The van der Waals surface area contributed by atoms with Crippen LogP contribution in [-0.4, -0.2) is 68.4 Å². The Bertz CT molecular complexity index is 651. The summed E-state index contributed by atoms with van der Waals surface area (Å²) in [5.74, 6) is -5.91. The molecule has 0 atom stereocenters. The minimum atomic E-state index is -1.97. The molecule has 10 nitrogen and oxygen atoms in total. The van der Waals surface area contributed by atoms with Crippen molar-refractivity contribution in [2.75, 3.05) is 19.6 Å². The van der Waals surface area contributed by atoms with Gasteiger partial charge in [-0.3, -0.25) is 4.48 Å². The summed E-state index contributed by atoms with van der Waals surface area (Å²) < 4.78 is -1.15. The van der Waals surface area contributed by atoms with E-state index in [1.807, 2.05) is 0 Å². The summed E-state index contributed by atoms with van der Waals surface area (Å²) in [6.45, 7) is -2.83. The maximum Gasteiger partial charge on any atom is 0.375 e. The first kappa shape index (κ1) is 19.1. The van der Waals surface area contributed by atoms with Crippen LogP contribution in [0, 0.1) is 0 Å². The highest BCUT2D eigenvalue weighted by atomic mass is 16.4. The third-order valence-corrected chi connectivity index (χ3v) is 3.98. The second kappa shape index (κ2) is 6.26. The van der Waals surface area contributed by atoms with Crippen molar-refractivity contribution in [2.24, 2.45) is 0 Å². The Morgan fingerprint density at radius 2 is 1.12 bits per heavy atom. The van der Waals surface area contributed by atoms with E-state index in [4.69, 9.17) is 15.3 Å². The van der Waals surface area contributed by atoms with E-state index < -0.39 is 53.5 Å². The first-order valence-electron chi connectivity index (χ1n) is 6.52. The monoisotopic (exact) mass is 341 g/mol. The van der Waals surface area contributed by atoms with Crippen LogP contribution in [0.3, 0.4) is 0 Å². The molecule has 0 unspecified atom stereocenters. The molecule has 0 heterocycles. The molecule has 24 heavy (non-hydrogen) atoms. The summed E-state index contributed by atoms with van der Waals surface area (Å²) >= 11 is 0. The van der Waals surface area contributed by atoms with Crippen LogP contribution in [0.25, 0.3) is 0 Å². The average molecular weight is 341 g/mol. The largest absolute Gasteiger partial charge is 0.477 e. The van der Waals surface area contributed by atoms with Gasteiger partial charge >= 0.3 is 23.9 Å². The third kappa shape index (κ3) is 2.68. The molecule has 0 amide bonds. The highest BCUT2D eigenvalue weighted by Crippen LogP contribution is 2.56. The van der Waals surface area contributed by atoms with Crippen LogP contribution in [0.15, 0.2) is 24.3 Å². The summed E-state index contributed by atoms with van der Waals surface area (Å²) in [6.07, 6.45) is 0. The zero-order chi connectivity index (χ0) is 17.4. The van der Waals surface area contributed by atoms with Gasteiger partial charge in [0.25, 0.3) is 5.54 Å². The third-order valence-electron chi connectivity index (χ3n) is 3.98. The molecule has 0 fully saturated rings. The molecule has 10 heteroatoms. The van der Waals surface area contributed by atoms with Gasteiger partial charge in [-0.1, -0.05) is 24.3 Å². The summed E-state index contributed by atoms with van der Waals surface area (Å²) in [4.78, 5) is 45.6. The lowest BCUT2D eigenvalue weighted by Gasteiger charge is -2.40. The first-order valence-corrected chi connectivity index (χ1v) is 6.52. The zero-order valence-electron chi connectivity index (χ0n) is 12.5. The van der Waals surface area contributed by atoms with Crippen LogP contribution in [0.5, 0.6) is 0 Å². The molecule has 2 rings (SSSR count). The van der Waals surface area contributed by atoms with Crippen molar-refractivity contribution in [1.29, 1.82) is 0 Å². The van der Waals surface area contributed by atoms with E-state index >= 15 is 0 Å². The number of hydrogen-bond acceptors (Lipinski definition) is 5. The van der Waals surface area contributed by atoms with E-state index in [1.165, 1.54) is 24.3 Å². The van der Waals surface area contributed by atoms with E-state index in [-0.39, 0.29) is 17.3 Å². The Hall–Kier alpha value is -2.98. The molecule has 0 radical (unpaired) electrons. The number of carboxylic acids is 4. The number of benzene rings is 1. The molecule has 1 aromatic rings. The van der Waals surface area contributed by atoms with Crippen LogP contribution in [-0.2, 0) is 24.7 Å². The maximum absolute atomic E-state index is 11.9. The highest BCUT2D eigenvalue weighted by Gasteiger charge is 2.73. The molecule has 0 aliphatic heterocycles. The van der Waals surface area contributed by atoms with Gasteiger partial charge in [-0.25, -0.2) is 19.2 Å². The summed E-state index contributed by atoms with van der Waals surface area (Å²) in [6, 6.07) is 5.92. The van der Waals surface area contributed by atoms with Gasteiger partial charge in [-0.2, -0.15) is 0 Å². The van der Waals surface area contributed by atoms with Gasteiger partial charge in [0.15, 0.2) is 19.6 Å². The van der Waals surface area contributed by atoms with Gasteiger partial charge in [-0.15, -0.1) is 0 Å². The molecular formula is C14H17N2O8+. The van der Waals surface area contributed by atoms with Crippen molar-refractivity contribution < 1.29 is 44.1 Å². The Morgan fingerprint density at radius 1 is 0.792 bits per heavy atom. The first-order chi connectivity index (χ1) is 10.7. The topological polar surface area (TPSA) is 184 Å². The Labute approximate surface area is 135 Å². The van der Waals surface area contributed by atoms with Crippen LogP contribution in [0.1, 0.15) is 11.1 Å². The molecule has 1 aliphatic carbocycles. The lowest BCUT2D eigenvalue weighted by atomic mass is 10.0. The fraction of sp³-hybridized carbons (Fsp3) is 0.286.